The minimum atomic E-state index is -0.209. The van der Waals surface area contributed by atoms with Crippen molar-refractivity contribution in [2.45, 2.75) is 13.8 Å². The van der Waals surface area contributed by atoms with Crippen LogP contribution in [0.5, 0.6) is 0 Å². The molecule has 2 aromatic rings. The van der Waals surface area contributed by atoms with Crippen LogP contribution in [0.1, 0.15) is 19.7 Å². The van der Waals surface area contributed by atoms with Crippen molar-refractivity contribution in [1.82, 2.24) is 9.97 Å². The van der Waals surface area contributed by atoms with E-state index in [0.29, 0.717) is 5.82 Å². The smallest absolute Gasteiger partial charge is 0.166 e. The van der Waals surface area contributed by atoms with E-state index in [1.165, 1.54) is 13.8 Å². The topological polar surface area (TPSA) is 66.0 Å². The molecule has 0 amide bonds. The molecule has 0 fully saturated rings. The Bertz CT molecular complexity index is 544. The van der Waals surface area contributed by atoms with Gasteiger partial charge in [0.15, 0.2) is 5.78 Å². The average Bonchev–Trinajstić information content (AvgIpc) is 2.58. The van der Waals surface area contributed by atoms with Crippen LogP contribution >= 0.6 is 0 Å². The van der Waals surface area contributed by atoms with E-state index in [1.54, 1.807) is 0 Å². The van der Waals surface area contributed by atoms with Crippen LogP contribution in [-0.2, 0) is 4.79 Å². The standard InChI is InChI=1S/C12H12N2O2/c1-7(15)11(8(2)16)12-13-9-5-3-4-6-10(9)14-12/h3-6,15H,1-2H3,(H,13,14)/b11-7+. The van der Waals surface area contributed by atoms with Crippen molar-refractivity contribution in [2.24, 2.45) is 0 Å². The minimum Gasteiger partial charge on any atom is -0.512 e. The molecule has 2 N–H and O–H groups in total. The summed E-state index contributed by atoms with van der Waals surface area (Å²) in [6.07, 6.45) is 0. The summed E-state index contributed by atoms with van der Waals surface area (Å²) in [5, 5.41) is 9.46. The Kier molecular flexibility index (Phi) is 2.48. The molecule has 0 aliphatic carbocycles. The van der Waals surface area contributed by atoms with Gasteiger partial charge in [-0.1, -0.05) is 12.1 Å². The minimum absolute atomic E-state index is 0.0217. The Morgan fingerprint density at radius 3 is 2.56 bits per heavy atom. The summed E-state index contributed by atoms with van der Waals surface area (Å²) in [5.74, 6) is 0.180. The number of benzene rings is 1. The number of rotatable bonds is 2. The van der Waals surface area contributed by atoms with E-state index in [-0.39, 0.29) is 17.1 Å². The lowest BCUT2D eigenvalue weighted by Gasteiger charge is -1.99. The SMILES string of the molecule is CC(=O)/C(=C(/C)O)c1nc2ccccc2[nH]1. The first kappa shape index (κ1) is 10.4. The van der Waals surface area contributed by atoms with Crippen LogP contribution < -0.4 is 0 Å². The molecule has 16 heavy (non-hydrogen) atoms. The van der Waals surface area contributed by atoms with Gasteiger partial charge in [-0.15, -0.1) is 0 Å². The molecule has 0 bridgehead atoms. The summed E-state index contributed by atoms with van der Waals surface area (Å²) in [4.78, 5) is 18.7. The highest BCUT2D eigenvalue weighted by Crippen LogP contribution is 2.19. The predicted octanol–water partition coefficient (Wildman–Crippen LogP) is 2.44. The Balaban J connectivity index is 2.63. The largest absolute Gasteiger partial charge is 0.512 e. The molecule has 1 aromatic carbocycles. The number of allylic oxidation sites excluding steroid dienone is 2. The van der Waals surface area contributed by atoms with Gasteiger partial charge in [0.2, 0.25) is 0 Å². The summed E-state index contributed by atoms with van der Waals surface area (Å²) in [7, 11) is 0. The molecular weight excluding hydrogens is 204 g/mol. The highest BCUT2D eigenvalue weighted by molar-refractivity contribution is 6.19. The van der Waals surface area contributed by atoms with Gasteiger partial charge in [0, 0.05) is 0 Å². The van der Waals surface area contributed by atoms with Crippen LogP contribution in [0.25, 0.3) is 16.6 Å². The van der Waals surface area contributed by atoms with E-state index in [9.17, 15) is 9.90 Å². The van der Waals surface area contributed by atoms with Crippen LogP contribution in [0.3, 0.4) is 0 Å². The molecular formula is C12H12N2O2. The molecule has 82 valence electrons. The first-order chi connectivity index (χ1) is 7.59. The van der Waals surface area contributed by atoms with Gasteiger partial charge in [0.05, 0.1) is 16.6 Å². The van der Waals surface area contributed by atoms with E-state index < -0.39 is 0 Å². The van der Waals surface area contributed by atoms with Crippen LogP contribution in [0.4, 0.5) is 0 Å². The number of para-hydroxylation sites is 2. The number of imidazole rings is 1. The lowest BCUT2D eigenvalue weighted by molar-refractivity contribution is -0.111. The monoisotopic (exact) mass is 216 g/mol. The first-order valence-electron chi connectivity index (χ1n) is 4.95. The first-order valence-corrected chi connectivity index (χ1v) is 4.95. The molecule has 0 saturated heterocycles. The number of ketones is 1. The van der Waals surface area contributed by atoms with Gasteiger partial charge in [-0.05, 0) is 26.0 Å². The van der Waals surface area contributed by atoms with Crippen molar-refractivity contribution < 1.29 is 9.90 Å². The van der Waals surface area contributed by atoms with Gasteiger partial charge in [0.1, 0.15) is 11.6 Å². The van der Waals surface area contributed by atoms with Gasteiger partial charge < -0.3 is 10.1 Å². The number of carbonyl (C=O) groups excluding carboxylic acids is 1. The number of aliphatic hydroxyl groups excluding tert-OH is 1. The molecule has 1 heterocycles. The maximum absolute atomic E-state index is 11.4. The number of Topliss-reactive ketones (excluding diaryl/α,β-unsaturated/α-hetero) is 1. The molecule has 4 heteroatoms. The molecule has 0 radical (unpaired) electrons. The number of nitrogens with one attached hydrogen (secondary N) is 1. The van der Waals surface area contributed by atoms with Crippen molar-refractivity contribution in [1.29, 1.82) is 0 Å². The summed E-state index contributed by atoms with van der Waals surface area (Å²) in [5.41, 5.74) is 1.85. The second-order valence-corrected chi connectivity index (χ2v) is 3.62. The van der Waals surface area contributed by atoms with Gasteiger partial charge in [0.25, 0.3) is 0 Å². The van der Waals surface area contributed by atoms with Crippen molar-refractivity contribution in [3.63, 3.8) is 0 Å². The average molecular weight is 216 g/mol. The summed E-state index contributed by atoms with van der Waals surface area (Å²) in [6.45, 7) is 2.88. The van der Waals surface area contributed by atoms with E-state index in [0.717, 1.165) is 11.0 Å². The summed E-state index contributed by atoms with van der Waals surface area (Å²) >= 11 is 0. The number of aliphatic hydroxyl groups is 1. The summed E-state index contributed by atoms with van der Waals surface area (Å²) in [6, 6.07) is 7.47. The summed E-state index contributed by atoms with van der Waals surface area (Å²) < 4.78 is 0. The number of hydrogen-bond acceptors (Lipinski definition) is 3. The second-order valence-electron chi connectivity index (χ2n) is 3.62. The lowest BCUT2D eigenvalue weighted by atomic mass is 10.1. The quantitative estimate of drug-likeness (QED) is 0.598. The zero-order valence-corrected chi connectivity index (χ0v) is 9.11. The molecule has 0 saturated carbocycles. The van der Waals surface area contributed by atoms with Crippen molar-refractivity contribution in [3.8, 4) is 0 Å². The molecule has 0 spiro atoms. The molecule has 1 aromatic heterocycles. The third-order valence-electron chi connectivity index (χ3n) is 2.34. The Morgan fingerprint density at radius 2 is 2.00 bits per heavy atom. The number of carbonyl (C=O) groups is 1. The molecule has 2 rings (SSSR count). The Labute approximate surface area is 92.6 Å². The highest BCUT2D eigenvalue weighted by Gasteiger charge is 2.15. The second kappa shape index (κ2) is 3.81. The predicted molar refractivity (Wildman–Crippen MR) is 62.0 cm³/mol. The van der Waals surface area contributed by atoms with E-state index in [4.69, 9.17) is 0 Å². The zero-order valence-electron chi connectivity index (χ0n) is 9.11. The third kappa shape index (κ3) is 1.69. The van der Waals surface area contributed by atoms with E-state index in [1.807, 2.05) is 24.3 Å². The number of hydrogen-bond donors (Lipinski definition) is 2. The maximum atomic E-state index is 11.4. The van der Waals surface area contributed by atoms with E-state index in [2.05, 4.69) is 9.97 Å². The van der Waals surface area contributed by atoms with Crippen LogP contribution in [0.2, 0.25) is 0 Å². The van der Waals surface area contributed by atoms with Crippen LogP contribution in [0.15, 0.2) is 30.0 Å². The molecule has 0 aliphatic rings. The number of fused-ring (bicyclic) bond motifs is 1. The Morgan fingerprint density at radius 1 is 1.31 bits per heavy atom. The molecule has 4 nitrogen and oxygen atoms in total. The third-order valence-corrected chi connectivity index (χ3v) is 2.34. The maximum Gasteiger partial charge on any atom is 0.166 e. The number of aromatic amines is 1. The lowest BCUT2D eigenvalue weighted by Crippen LogP contribution is -2.01. The fraction of sp³-hybridized carbons (Fsp3) is 0.167. The molecule has 0 atom stereocenters. The fourth-order valence-electron chi connectivity index (χ4n) is 1.66. The normalized spacial score (nSPS) is 12.6. The van der Waals surface area contributed by atoms with Crippen LogP contribution in [0, 0.1) is 0 Å². The highest BCUT2D eigenvalue weighted by atomic mass is 16.3. The van der Waals surface area contributed by atoms with Gasteiger partial charge >= 0.3 is 0 Å². The molecule has 0 aliphatic heterocycles. The van der Waals surface area contributed by atoms with Crippen LogP contribution in [-0.4, -0.2) is 20.9 Å². The van der Waals surface area contributed by atoms with Gasteiger partial charge in [-0.25, -0.2) is 4.98 Å². The van der Waals surface area contributed by atoms with Crippen molar-refractivity contribution in [3.05, 3.63) is 35.8 Å². The van der Waals surface area contributed by atoms with Gasteiger partial charge in [-0.2, -0.15) is 0 Å². The molecule has 0 unspecified atom stereocenters. The van der Waals surface area contributed by atoms with E-state index >= 15 is 0 Å². The van der Waals surface area contributed by atoms with Crippen molar-refractivity contribution >= 4 is 22.4 Å². The van der Waals surface area contributed by atoms with Crippen molar-refractivity contribution in [2.75, 3.05) is 0 Å². The van der Waals surface area contributed by atoms with Gasteiger partial charge in [-0.3, -0.25) is 4.79 Å². The Hall–Kier alpha value is -2.10. The zero-order chi connectivity index (χ0) is 11.7. The fourth-order valence-corrected chi connectivity index (χ4v) is 1.66. The number of nitrogens with zero attached hydrogens (tertiary/aromatic N) is 1. The number of aromatic nitrogens is 2. The number of H-pyrrole nitrogens is 1.